The minimum atomic E-state index is -0.611. The number of rotatable bonds is 8. The maximum atomic E-state index is 13.4. The summed E-state index contributed by atoms with van der Waals surface area (Å²) in [5.74, 6) is 0.0543. The maximum Gasteiger partial charge on any atom is 0.260 e. The Kier molecular flexibility index (Phi) is 7.15. The van der Waals surface area contributed by atoms with Crippen LogP contribution in [0.4, 0.5) is 4.39 Å². The molecule has 0 aliphatic heterocycles. The van der Waals surface area contributed by atoms with Gasteiger partial charge in [0, 0.05) is 24.7 Å². The quantitative estimate of drug-likeness (QED) is 0.775. The first-order valence-electron chi connectivity index (χ1n) is 7.40. The molecule has 5 heteroatoms. The van der Waals surface area contributed by atoms with E-state index in [4.69, 9.17) is 4.74 Å². The van der Waals surface area contributed by atoms with Crippen LogP contribution in [0.25, 0.3) is 0 Å². The lowest BCUT2D eigenvalue weighted by atomic mass is 10.1. The Bertz CT molecular complexity index is 464. The summed E-state index contributed by atoms with van der Waals surface area (Å²) in [6.45, 7) is 8.82. The molecule has 0 aliphatic rings. The van der Waals surface area contributed by atoms with E-state index in [9.17, 15) is 9.18 Å². The van der Waals surface area contributed by atoms with Crippen LogP contribution < -0.4 is 15.4 Å². The van der Waals surface area contributed by atoms with E-state index >= 15 is 0 Å². The van der Waals surface area contributed by atoms with Gasteiger partial charge in [-0.3, -0.25) is 4.79 Å². The third-order valence-corrected chi connectivity index (χ3v) is 2.95. The van der Waals surface area contributed by atoms with Gasteiger partial charge in [0.25, 0.3) is 5.91 Å². The molecule has 0 saturated carbocycles. The molecule has 0 radical (unpaired) electrons. The van der Waals surface area contributed by atoms with E-state index in [2.05, 4.69) is 10.6 Å². The highest BCUT2D eigenvalue weighted by Crippen LogP contribution is 2.21. The van der Waals surface area contributed by atoms with Gasteiger partial charge in [-0.25, -0.2) is 4.39 Å². The number of amides is 1. The van der Waals surface area contributed by atoms with E-state index in [0.29, 0.717) is 24.4 Å². The summed E-state index contributed by atoms with van der Waals surface area (Å²) in [5.41, 5.74) is 0.707. The summed E-state index contributed by atoms with van der Waals surface area (Å²) in [6, 6.07) is 4.62. The zero-order valence-electron chi connectivity index (χ0n) is 13.2. The molecular formula is C16H25FN2O2. The van der Waals surface area contributed by atoms with Gasteiger partial charge in [0.1, 0.15) is 11.6 Å². The number of carbonyl (C=O) groups is 1. The molecule has 1 aromatic rings. The number of hydrogen-bond donors (Lipinski definition) is 2. The normalized spacial score (nSPS) is 12.3. The average molecular weight is 296 g/mol. The van der Waals surface area contributed by atoms with Crippen molar-refractivity contribution in [1.29, 1.82) is 0 Å². The second-order valence-electron chi connectivity index (χ2n) is 5.34. The highest BCUT2D eigenvalue weighted by molar-refractivity contribution is 5.80. The molecule has 0 fully saturated rings. The molecule has 118 valence electrons. The first kappa shape index (κ1) is 17.4. The lowest BCUT2D eigenvalue weighted by molar-refractivity contribution is -0.127. The van der Waals surface area contributed by atoms with Gasteiger partial charge < -0.3 is 15.4 Å². The van der Waals surface area contributed by atoms with Crippen LogP contribution in [0.15, 0.2) is 18.2 Å². The van der Waals surface area contributed by atoms with Crippen molar-refractivity contribution in [3.63, 3.8) is 0 Å². The number of hydrogen-bond acceptors (Lipinski definition) is 3. The second kappa shape index (κ2) is 8.62. The zero-order chi connectivity index (χ0) is 15.8. The van der Waals surface area contributed by atoms with Crippen LogP contribution in [0.1, 0.15) is 39.7 Å². The van der Waals surface area contributed by atoms with Crippen molar-refractivity contribution in [1.82, 2.24) is 10.6 Å². The molecule has 21 heavy (non-hydrogen) atoms. The zero-order valence-corrected chi connectivity index (χ0v) is 13.2. The van der Waals surface area contributed by atoms with E-state index in [1.54, 1.807) is 13.0 Å². The summed E-state index contributed by atoms with van der Waals surface area (Å²) < 4.78 is 19.0. The van der Waals surface area contributed by atoms with Crippen LogP contribution in [0, 0.1) is 5.82 Å². The lowest BCUT2D eigenvalue weighted by Crippen LogP contribution is -2.37. The van der Waals surface area contributed by atoms with E-state index in [-0.39, 0.29) is 17.8 Å². The number of halogens is 1. The molecule has 1 amide bonds. The predicted octanol–water partition coefficient (Wildman–Crippen LogP) is 2.62. The standard InChI is InChI=1S/C16H25FN2O2/c1-5-8-18-16(20)12(4)21-15-7-6-14(17)9-13(15)10-19-11(2)3/h6-7,9,11-12,19H,5,8,10H2,1-4H3,(H,18,20). The van der Waals surface area contributed by atoms with Gasteiger partial charge in [-0.05, 0) is 31.5 Å². The molecule has 1 atom stereocenters. The van der Waals surface area contributed by atoms with Crippen molar-refractivity contribution in [3.05, 3.63) is 29.6 Å². The third kappa shape index (κ3) is 6.12. The smallest absolute Gasteiger partial charge is 0.260 e. The number of ether oxygens (including phenoxy) is 1. The first-order chi connectivity index (χ1) is 9.93. The Morgan fingerprint density at radius 3 is 2.67 bits per heavy atom. The molecule has 4 nitrogen and oxygen atoms in total. The molecule has 0 spiro atoms. The number of benzene rings is 1. The summed E-state index contributed by atoms with van der Waals surface area (Å²) >= 11 is 0. The van der Waals surface area contributed by atoms with E-state index in [1.807, 2.05) is 20.8 Å². The lowest BCUT2D eigenvalue weighted by Gasteiger charge is -2.18. The monoisotopic (exact) mass is 296 g/mol. The molecule has 1 unspecified atom stereocenters. The van der Waals surface area contributed by atoms with Crippen LogP contribution in [0.2, 0.25) is 0 Å². The molecular weight excluding hydrogens is 271 g/mol. The van der Waals surface area contributed by atoms with Crippen molar-refractivity contribution in [3.8, 4) is 5.75 Å². The largest absolute Gasteiger partial charge is 0.481 e. The SMILES string of the molecule is CCCNC(=O)C(C)Oc1ccc(F)cc1CNC(C)C. The van der Waals surface area contributed by atoms with E-state index in [0.717, 1.165) is 6.42 Å². The van der Waals surface area contributed by atoms with Crippen LogP contribution in [-0.2, 0) is 11.3 Å². The fourth-order valence-electron chi connectivity index (χ4n) is 1.75. The molecule has 0 saturated heterocycles. The maximum absolute atomic E-state index is 13.4. The summed E-state index contributed by atoms with van der Waals surface area (Å²) in [4.78, 5) is 11.8. The predicted molar refractivity (Wildman–Crippen MR) is 81.8 cm³/mol. The van der Waals surface area contributed by atoms with Crippen molar-refractivity contribution in [2.45, 2.75) is 52.8 Å². The second-order valence-corrected chi connectivity index (χ2v) is 5.34. The molecule has 1 aromatic carbocycles. The van der Waals surface area contributed by atoms with Crippen LogP contribution in [0.5, 0.6) is 5.75 Å². The average Bonchev–Trinajstić information content (AvgIpc) is 2.44. The van der Waals surface area contributed by atoms with Gasteiger partial charge in [-0.1, -0.05) is 20.8 Å². The minimum Gasteiger partial charge on any atom is -0.481 e. The Labute approximate surface area is 126 Å². The van der Waals surface area contributed by atoms with Gasteiger partial charge in [-0.2, -0.15) is 0 Å². The molecule has 0 bridgehead atoms. The number of carbonyl (C=O) groups excluding carboxylic acids is 1. The van der Waals surface area contributed by atoms with Crippen molar-refractivity contribution < 1.29 is 13.9 Å². The van der Waals surface area contributed by atoms with Gasteiger partial charge in [-0.15, -0.1) is 0 Å². The van der Waals surface area contributed by atoms with Gasteiger partial charge in [0.05, 0.1) is 0 Å². The third-order valence-electron chi connectivity index (χ3n) is 2.95. The van der Waals surface area contributed by atoms with Crippen molar-refractivity contribution >= 4 is 5.91 Å². The van der Waals surface area contributed by atoms with Gasteiger partial charge in [0.15, 0.2) is 6.10 Å². The van der Waals surface area contributed by atoms with Crippen LogP contribution in [0.3, 0.4) is 0 Å². The highest BCUT2D eigenvalue weighted by atomic mass is 19.1. The Balaban J connectivity index is 2.74. The molecule has 0 aromatic heterocycles. The van der Waals surface area contributed by atoms with E-state index in [1.165, 1.54) is 12.1 Å². The Hall–Kier alpha value is -1.62. The fourth-order valence-corrected chi connectivity index (χ4v) is 1.75. The Morgan fingerprint density at radius 2 is 2.05 bits per heavy atom. The summed E-state index contributed by atoms with van der Waals surface area (Å²) in [6.07, 6.45) is 0.262. The Morgan fingerprint density at radius 1 is 1.33 bits per heavy atom. The fraction of sp³-hybridized carbons (Fsp3) is 0.562. The summed E-state index contributed by atoms with van der Waals surface area (Å²) in [5, 5.41) is 6.00. The first-order valence-corrected chi connectivity index (χ1v) is 7.40. The summed E-state index contributed by atoms with van der Waals surface area (Å²) in [7, 11) is 0. The van der Waals surface area contributed by atoms with E-state index < -0.39 is 6.10 Å². The van der Waals surface area contributed by atoms with Gasteiger partial charge >= 0.3 is 0 Å². The van der Waals surface area contributed by atoms with Crippen molar-refractivity contribution in [2.75, 3.05) is 6.54 Å². The molecule has 2 N–H and O–H groups in total. The highest BCUT2D eigenvalue weighted by Gasteiger charge is 2.16. The minimum absolute atomic E-state index is 0.163. The topological polar surface area (TPSA) is 50.4 Å². The van der Waals surface area contributed by atoms with Crippen LogP contribution >= 0.6 is 0 Å². The number of nitrogens with one attached hydrogen (secondary N) is 2. The van der Waals surface area contributed by atoms with Crippen LogP contribution in [-0.4, -0.2) is 24.6 Å². The molecule has 0 heterocycles. The van der Waals surface area contributed by atoms with Gasteiger partial charge in [0.2, 0.25) is 0 Å². The molecule has 0 aliphatic carbocycles. The molecule has 1 rings (SSSR count). The van der Waals surface area contributed by atoms with Crippen molar-refractivity contribution in [2.24, 2.45) is 0 Å².